The molecule has 2 heterocycles. The van der Waals surface area contributed by atoms with Crippen LogP contribution in [0.2, 0.25) is 0 Å². The van der Waals surface area contributed by atoms with Crippen LogP contribution in [-0.4, -0.2) is 23.8 Å². The highest BCUT2D eigenvalue weighted by molar-refractivity contribution is 5.85. The molecule has 3 nitrogen and oxygen atoms in total. The minimum absolute atomic E-state index is 0.177. The summed E-state index contributed by atoms with van der Waals surface area (Å²) >= 11 is 0. The van der Waals surface area contributed by atoms with Gasteiger partial charge in [-0.15, -0.1) is 0 Å². The number of unbranched alkanes of at least 4 members (excludes halogenated alkanes) is 1. The fourth-order valence-electron chi connectivity index (χ4n) is 3.50. The SMILES string of the molecule is CCCCC(=O)C1(C)CCN(Cc2ccc(-c3ccccc3)o2)C1. The van der Waals surface area contributed by atoms with Crippen molar-refractivity contribution in [3.63, 3.8) is 0 Å². The van der Waals surface area contributed by atoms with E-state index in [1.165, 1.54) is 0 Å². The molecule has 1 fully saturated rings. The maximum atomic E-state index is 12.5. The van der Waals surface area contributed by atoms with Crippen molar-refractivity contribution in [1.29, 1.82) is 0 Å². The van der Waals surface area contributed by atoms with Crippen LogP contribution in [0.15, 0.2) is 46.9 Å². The fraction of sp³-hybridized carbons (Fsp3) is 0.476. The van der Waals surface area contributed by atoms with Gasteiger partial charge in [0.1, 0.15) is 17.3 Å². The maximum absolute atomic E-state index is 12.5. The monoisotopic (exact) mass is 325 g/mol. The summed E-state index contributed by atoms with van der Waals surface area (Å²) in [5, 5.41) is 0. The van der Waals surface area contributed by atoms with Gasteiger partial charge in [0.05, 0.1) is 6.54 Å². The summed E-state index contributed by atoms with van der Waals surface area (Å²) in [6.07, 6.45) is 3.77. The minimum atomic E-state index is -0.177. The summed E-state index contributed by atoms with van der Waals surface area (Å²) in [7, 11) is 0. The van der Waals surface area contributed by atoms with Crippen molar-refractivity contribution in [2.75, 3.05) is 13.1 Å². The van der Waals surface area contributed by atoms with Gasteiger partial charge in [0.25, 0.3) is 0 Å². The highest BCUT2D eigenvalue weighted by Gasteiger charge is 2.39. The van der Waals surface area contributed by atoms with Crippen LogP contribution in [0.25, 0.3) is 11.3 Å². The molecule has 1 unspecified atom stereocenters. The van der Waals surface area contributed by atoms with Crippen LogP contribution in [0.4, 0.5) is 0 Å². The van der Waals surface area contributed by atoms with Crippen molar-refractivity contribution in [1.82, 2.24) is 4.90 Å². The summed E-state index contributed by atoms with van der Waals surface area (Å²) in [5.41, 5.74) is 0.925. The Morgan fingerprint density at radius 3 is 2.75 bits per heavy atom. The third-order valence-electron chi connectivity index (χ3n) is 5.08. The van der Waals surface area contributed by atoms with Crippen LogP contribution in [0.1, 0.15) is 45.3 Å². The summed E-state index contributed by atoms with van der Waals surface area (Å²) in [6, 6.07) is 14.2. The molecule has 1 saturated heterocycles. The van der Waals surface area contributed by atoms with E-state index in [9.17, 15) is 4.79 Å². The number of carbonyl (C=O) groups excluding carboxylic acids is 1. The van der Waals surface area contributed by atoms with Gasteiger partial charge < -0.3 is 4.42 Å². The van der Waals surface area contributed by atoms with Crippen molar-refractivity contribution in [3.8, 4) is 11.3 Å². The van der Waals surface area contributed by atoms with Crippen LogP contribution in [0, 0.1) is 5.41 Å². The van der Waals surface area contributed by atoms with Crippen LogP contribution < -0.4 is 0 Å². The van der Waals surface area contributed by atoms with Gasteiger partial charge in [-0.05, 0) is 31.5 Å². The molecule has 1 aliphatic rings. The quantitative estimate of drug-likeness (QED) is 0.724. The Morgan fingerprint density at radius 2 is 2.00 bits per heavy atom. The van der Waals surface area contributed by atoms with Crippen LogP contribution in [-0.2, 0) is 11.3 Å². The standard InChI is InChI=1S/C21H27NO2/c1-3-4-10-20(23)21(2)13-14-22(16-21)15-18-11-12-19(24-18)17-8-6-5-7-9-17/h5-9,11-12H,3-4,10,13-16H2,1-2H3. The molecule has 0 spiro atoms. The zero-order chi connectivity index (χ0) is 17.0. The van der Waals surface area contributed by atoms with E-state index < -0.39 is 0 Å². The van der Waals surface area contributed by atoms with E-state index in [2.05, 4.69) is 36.9 Å². The first-order valence-corrected chi connectivity index (χ1v) is 9.00. The second-order valence-corrected chi connectivity index (χ2v) is 7.18. The number of carbonyl (C=O) groups is 1. The van der Waals surface area contributed by atoms with Crippen LogP contribution >= 0.6 is 0 Å². The largest absolute Gasteiger partial charge is 0.460 e. The highest BCUT2D eigenvalue weighted by atomic mass is 16.3. The number of furan rings is 1. The van der Waals surface area contributed by atoms with Crippen molar-refractivity contribution in [3.05, 3.63) is 48.2 Å². The Morgan fingerprint density at radius 1 is 1.21 bits per heavy atom. The summed E-state index contributed by atoms with van der Waals surface area (Å²) in [5.74, 6) is 2.31. The second-order valence-electron chi connectivity index (χ2n) is 7.18. The molecule has 3 heteroatoms. The molecular formula is C21H27NO2. The lowest BCUT2D eigenvalue weighted by molar-refractivity contribution is -0.127. The molecule has 1 aromatic heterocycles. The van der Waals surface area contributed by atoms with E-state index >= 15 is 0 Å². The number of benzene rings is 1. The van der Waals surface area contributed by atoms with Gasteiger partial charge in [-0.2, -0.15) is 0 Å². The molecule has 0 saturated carbocycles. The van der Waals surface area contributed by atoms with Crippen molar-refractivity contribution >= 4 is 5.78 Å². The molecule has 3 rings (SSSR count). The molecule has 0 amide bonds. The first-order chi connectivity index (χ1) is 11.6. The molecule has 0 N–H and O–H groups in total. The van der Waals surface area contributed by atoms with Crippen molar-refractivity contribution < 1.29 is 9.21 Å². The number of hydrogen-bond acceptors (Lipinski definition) is 3. The number of likely N-dealkylation sites (tertiary alicyclic amines) is 1. The lowest BCUT2D eigenvalue weighted by Gasteiger charge is -2.23. The van der Waals surface area contributed by atoms with Gasteiger partial charge in [0.2, 0.25) is 0 Å². The fourth-order valence-corrected chi connectivity index (χ4v) is 3.50. The molecule has 0 bridgehead atoms. The third-order valence-corrected chi connectivity index (χ3v) is 5.08. The van der Waals surface area contributed by atoms with E-state index in [0.717, 1.165) is 62.4 Å². The topological polar surface area (TPSA) is 33.5 Å². The first-order valence-electron chi connectivity index (χ1n) is 9.00. The summed E-state index contributed by atoms with van der Waals surface area (Å²) in [4.78, 5) is 14.8. The molecule has 1 aliphatic heterocycles. The Labute approximate surface area is 144 Å². The second kappa shape index (κ2) is 7.35. The van der Waals surface area contributed by atoms with E-state index in [0.29, 0.717) is 5.78 Å². The number of ketones is 1. The number of hydrogen-bond donors (Lipinski definition) is 0. The van der Waals surface area contributed by atoms with E-state index in [1.54, 1.807) is 0 Å². The minimum Gasteiger partial charge on any atom is -0.460 e. The zero-order valence-corrected chi connectivity index (χ0v) is 14.8. The Balaban J connectivity index is 1.60. The summed E-state index contributed by atoms with van der Waals surface area (Å²) < 4.78 is 6.00. The maximum Gasteiger partial charge on any atom is 0.140 e. The zero-order valence-electron chi connectivity index (χ0n) is 14.8. The molecule has 2 aromatic rings. The van der Waals surface area contributed by atoms with Gasteiger partial charge >= 0.3 is 0 Å². The average Bonchev–Trinajstić information content (AvgIpc) is 3.21. The van der Waals surface area contributed by atoms with Gasteiger partial charge in [0.15, 0.2) is 0 Å². The third kappa shape index (κ3) is 3.78. The van der Waals surface area contributed by atoms with E-state index in [-0.39, 0.29) is 5.41 Å². The molecule has 128 valence electrons. The van der Waals surface area contributed by atoms with Crippen LogP contribution in [0.5, 0.6) is 0 Å². The molecule has 0 radical (unpaired) electrons. The normalized spacial score (nSPS) is 21.2. The molecule has 1 atom stereocenters. The smallest absolute Gasteiger partial charge is 0.140 e. The van der Waals surface area contributed by atoms with Crippen molar-refractivity contribution in [2.24, 2.45) is 5.41 Å². The predicted octanol–water partition coefficient (Wildman–Crippen LogP) is 4.92. The van der Waals surface area contributed by atoms with Gasteiger partial charge in [-0.25, -0.2) is 0 Å². The Kier molecular flexibility index (Phi) is 5.20. The van der Waals surface area contributed by atoms with Gasteiger partial charge in [0, 0.05) is 23.9 Å². The van der Waals surface area contributed by atoms with Gasteiger partial charge in [-0.3, -0.25) is 9.69 Å². The molecular weight excluding hydrogens is 298 g/mol. The lowest BCUT2D eigenvalue weighted by Crippen LogP contribution is -2.31. The molecule has 1 aromatic carbocycles. The predicted molar refractivity (Wildman–Crippen MR) is 96.7 cm³/mol. The summed E-state index contributed by atoms with van der Waals surface area (Å²) in [6.45, 7) is 6.86. The van der Waals surface area contributed by atoms with E-state index in [1.807, 2.05) is 24.3 Å². The molecule has 0 aliphatic carbocycles. The number of nitrogens with zero attached hydrogens (tertiary/aromatic N) is 1. The molecule has 24 heavy (non-hydrogen) atoms. The number of Topliss-reactive ketones (excluding diaryl/α,β-unsaturated/α-hetero) is 1. The number of rotatable bonds is 7. The first kappa shape index (κ1) is 17.0. The van der Waals surface area contributed by atoms with E-state index in [4.69, 9.17) is 4.42 Å². The van der Waals surface area contributed by atoms with Gasteiger partial charge in [-0.1, -0.05) is 50.6 Å². The van der Waals surface area contributed by atoms with Crippen molar-refractivity contribution in [2.45, 2.75) is 46.1 Å². The van der Waals surface area contributed by atoms with Crippen LogP contribution in [0.3, 0.4) is 0 Å². The lowest BCUT2D eigenvalue weighted by atomic mass is 9.82. The average molecular weight is 325 g/mol. The highest BCUT2D eigenvalue weighted by Crippen LogP contribution is 2.34. The Hall–Kier alpha value is -1.87. The Bertz CT molecular complexity index is 676.